The summed E-state index contributed by atoms with van der Waals surface area (Å²) < 4.78 is 0. The third kappa shape index (κ3) is 0.920. The van der Waals surface area contributed by atoms with E-state index in [0.29, 0.717) is 6.54 Å². The van der Waals surface area contributed by atoms with Gasteiger partial charge in [-0.3, -0.25) is 0 Å². The Labute approximate surface area is 58.0 Å². The predicted octanol–water partition coefficient (Wildman–Crippen LogP) is -1.55. The van der Waals surface area contributed by atoms with Crippen molar-refractivity contribution >= 4 is 0 Å². The number of hydrogen-bond donors (Lipinski definition) is 3. The molecule has 0 bridgehead atoms. The van der Waals surface area contributed by atoms with Crippen LogP contribution in [0.5, 0.6) is 0 Å². The van der Waals surface area contributed by atoms with Crippen LogP contribution in [-0.4, -0.2) is 41.6 Å². The Balaban J connectivity index is 2.51. The molecule has 5 heteroatoms. The minimum Gasteiger partial charge on any atom is -0.394 e. The molecule has 0 amide bonds. The summed E-state index contributed by atoms with van der Waals surface area (Å²) in [6.45, 7) is 0.0979. The van der Waals surface area contributed by atoms with Gasteiger partial charge in [0.2, 0.25) is 0 Å². The number of aliphatic hydroxyl groups excluding tert-OH is 2. The van der Waals surface area contributed by atoms with Gasteiger partial charge in [-0.2, -0.15) is 4.91 Å². The molecule has 0 aliphatic carbocycles. The first-order valence-electron chi connectivity index (χ1n) is 3.08. The van der Waals surface area contributed by atoms with Crippen LogP contribution in [0.2, 0.25) is 0 Å². The average molecular weight is 146 g/mol. The molecular formula is C5H10N2O3. The zero-order valence-corrected chi connectivity index (χ0v) is 5.45. The zero-order chi connectivity index (χ0) is 7.61. The highest BCUT2D eigenvalue weighted by Gasteiger charge is 2.45. The lowest BCUT2D eigenvalue weighted by atomic mass is 9.86. The van der Waals surface area contributed by atoms with Gasteiger partial charge in [-0.15, -0.1) is 0 Å². The van der Waals surface area contributed by atoms with Crippen LogP contribution in [0.4, 0.5) is 0 Å². The van der Waals surface area contributed by atoms with Crippen molar-refractivity contribution in [2.45, 2.75) is 11.6 Å². The standard InChI is InChI=1S/C5H10N2O3/c8-3-5(2-7-10)4(9)1-6-5/h4,6,8-9H,1-3H2. The normalized spacial score (nSPS) is 38.8. The number of nitroso groups, excluding NO2 is 1. The van der Waals surface area contributed by atoms with Crippen LogP contribution in [0.3, 0.4) is 0 Å². The van der Waals surface area contributed by atoms with Crippen molar-refractivity contribution in [3.63, 3.8) is 0 Å². The quantitative estimate of drug-likeness (QED) is 0.421. The maximum atomic E-state index is 9.81. The first-order chi connectivity index (χ1) is 4.75. The fourth-order valence-corrected chi connectivity index (χ4v) is 0.970. The summed E-state index contributed by atoms with van der Waals surface area (Å²) in [7, 11) is 0. The Morgan fingerprint density at radius 1 is 1.80 bits per heavy atom. The Kier molecular flexibility index (Phi) is 1.98. The van der Waals surface area contributed by atoms with E-state index in [0.717, 1.165) is 0 Å². The first-order valence-corrected chi connectivity index (χ1v) is 3.08. The molecule has 58 valence electrons. The van der Waals surface area contributed by atoms with E-state index in [2.05, 4.69) is 10.5 Å². The summed E-state index contributed by atoms with van der Waals surface area (Å²) in [6.07, 6.45) is -0.643. The molecule has 1 fully saturated rings. The molecule has 0 aromatic rings. The highest BCUT2D eigenvalue weighted by atomic mass is 16.3. The monoisotopic (exact) mass is 146 g/mol. The average Bonchev–Trinajstić information content (AvgIpc) is 1.97. The second-order valence-electron chi connectivity index (χ2n) is 2.50. The maximum Gasteiger partial charge on any atom is 0.104 e. The molecule has 1 aliphatic rings. The highest BCUT2D eigenvalue weighted by Crippen LogP contribution is 2.18. The summed E-state index contributed by atoms with van der Waals surface area (Å²) in [5.41, 5.74) is -0.845. The Morgan fingerprint density at radius 2 is 2.50 bits per heavy atom. The van der Waals surface area contributed by atoms with Gasteiger partial charge in [-0.25, -0.2) is 0 Å². The third-order valence-electron chi connectivity index (χ3n) is 1.91. The van der Waals surface area contributed by atoms with Crippen molar-refractivity contribution in [2.75, 3.05) is 19.7 Å². The van der Waals surface area contributed by atoms with Crippen LogP contribution >= 0.6 is 0 Å². The van der Waals surface area contributed by atoms with Gasteiger partial charge in [-0.1, -0.05) is 5.18 Å². The largest absolute Gasteiger partial charge is 0.394 e. The van der Waals surface area contributed by atoms with E-state index in [9.17, 15) is 4.91 Å². The van der Waals surface area contributed by atoms with Gasteiger partial charge in [-0.05, 0) is 0 Å². The van der Waals surface area contributed by atoms with Crippen molar-refractivity contribution in [1.29, 1.82) is 0 Å². The minimum absolute atomic E-state index is 0.0787. The molecule has 1 heterocycles. The van der Waals surface area contributed by atoms with E-state index in [-0.39, 0.29) is 13.2 Å². The first kappa shape index (κ1) is 7.59. The summed E-state index contributed by atoms with van der Waals surface area (Å²) >= 11 is 0. The van der Waals surface area contributed by atoms with Crippen molar-refractivity contribution < 1.29 is 10.2 Å². The highest BCUT2D eigenvalue weighted by molar-refractivity contribution is 5.05. The SMILES string of the molecule is O=NCC1(CO)NCC1O. The third-order valence-corrected chi connectivity index (χ3v) is 1.91. The van der Waals surface area contributed by atoms with Crippen molar-refractivity contribution in [2.24, 2.45) is 5.18 Å². The van der Waals surface area contributed by atoms with Gasteiger partial charge < -0.3 is 15.5 Å². The second-order valence-corrected chi connectivity index (χ2v) is 2.50. The van der Waals surface area contributed by atoms with E-state index in [4.69, 9.17) is 10.2 Å². The van der Waals surface area contributed by atoms with Gasteiger partial charge in [0.15, 0.2) is 0 Å². The fraction of sp³-hybridized carbons (Fsp3) is 1.00. The smallest absolute Gasteiger partial charge is 0.104 e. The number of hydrogen-bond acceptors (Lipinski definition) is 5. The van der Waals surface area contributed by atoms with Crippen LogP contribution in [0.25, 0.3) is 0 Å². The van der Waals surface area contributed by atoms with Crippen LogP contribution in [-0.2, 0) is 0 Å². The predicted molar refractivity (Wildman–Crippen MR) is 34.5 cm³/mol. The van der Waals surface area contributed by atoms with E-state index >= 15 is 0 Å². The molecule has 1 rings (SSSR count). The minimum atomic E-state index is -0.845. The van der Waals surface area contributed by atoms with Crippen LogP contribution in [0.1, 0.15) is 0 Å². The van der Waals surface area contributed by atoms with Crippen LogP contribution in [0, 0.1) is 4.91 Å². The molecule has 2 unspecified atom stereocenters. The number of aliphatic hydroxyl groups is 2. The molecule has 10 heavy (non-hydrogen) atoms. The molecule has 0 aromatic heterocycles. The number of nitrogens with zero attached hydrogens (tertiary/aromatic N) is 1. The van der Waals surface area contributed by atoms with Gasteiger partial charge in [0.05, 0.1) is 18.2 Å². The molecule has 2 atom stereocenters. The lowest BCUT2D eigenvalue weighted by molar-refractivity contribution is -0.0393. The van der Waals surface area contributed by atoms with Crippen molar-refractivity contribution in [3.05, 3.63) is 4.91 Å². The molecule has 0 saturated carbocycles. The number of nitrogens with one attached hydrogen (secondary N) is 1. The topological polar surface area (TPSA) is 81.9 Å². The van der Waals surface area contributed by atoms with Gasteiger partial charge in [0.25, 0.3) is 0 Å². The van der Waals surface area contributed by atoms with Crippen LogP contribution < -0.4 is 5.32 Å². The zero-order valence-electron chi connectivity index (χ0n) is 5.45. The van der Waals surface area contributed by atoms with E-state index in [1.54, 1.807) is 0 Å². The Morgan fingerprint density at radius 3 is 2.60 bits per heavy atom. The molecular weight excluding hydrogens is 136 g/mol. The van der Waals surface area contributed by atoms with Gasteiger partial charge in [0.1, 0.15) is 6.54 Å². The van der Waals surface area contributed by atoms with Crippen LogP contribution in [0.15, 0.2) is 5.18 Å². The summed E-state index contributed by atoms with van der Waals surface area (Å²) in [5, 5.41) is 23.2. The second kappa shape index (κ2) is 2.61. The molecule has 3 N–H and O–H groups in total. The molecule has 0 radical (unpaired) electrons. The Hall–Kier alpha value is -0.520. The summed E-state index contributed by atoms with van der Waals surface area (Å²) in [5.74, 6) is 0. The molecule has 1 aliphatic heterocycles. The van der Waals surface area contributed by atoms with E-state index in [1.165, 1.54) is 0 Å². The molecule has 5 nitrogen and oxygen atoms in total. The maximum absolute atomic E-state index is 9.81. The lowest BCUT2D eigenvalue weighted by Gasteiger charge is -2.44. The van der Waals surface area contributed by atoms with Crippen molar-refractivity contribution in [3.8, 4) is 0 Å². The van der Waals surface area contributed by atoms with Crippen molar-refractivity contribution in [1.82, 2.24) is 5.32 Å². The van der Waals surface area contributed by atoms with Gasteiger partial charge >= 0.3 is 0 Å². The molecule has 0 aromatic carbocycles. The fourth-order valence-electron chi connectivity index (χ4n) is 0.970. The summed E-state index contributed by atoms with van der Waals surface area (Å²) in [6, 6.07) is 0. The lowest BCUT2D eigenvalue weighted by Crippen LogP contribution is -2.72. The summed E-state index contributed by atoms with van der Waals surface area (Å²) in [4.78, 5) is 9.81. The number of rotatable bonds is 3. The van der Waals surface area contributed by atoms with E-state index < -0.39 is 11.6 Å². The molecule has 0 spiro atoms. The van der Waals surface area contributed by atoms with E-state index in [1.807, 2.05) is 0 Å². The number of β-amino-alcohol motifs (C(OH)–C–C–N with tert-alkyl or cyclic N) is 1. The molecule has 1 saturated heterocycles. The Bertz CT molecular complexity index is 137. The van der Waals surface area contributed by atoms with Gasteiger partial charge in [0, 0.05) is 6.54 Å².